The molecule has 1 heterocycles. The van der Waals surface area contributed by atoms with Crippen molar-refractivity contribution in [2.75, 3.05) is 5.32 Å². The van der Waals surface area contributed by atoms with Crippen LogP contribution >= 0.6 is 15.9 Å². The van der Waals surface area contributed by atoms with E-state index in [4.69, 9.17) is 0 Å². The van der Waals surface area contributed by atoms with E-state index < -0.39 is 0 Å². The van der Waals surface area contributed by atoms with Crippen LogP contribution in [0.5, 0.6) is 0 Å². The number of aromatic amines is 1. The highest BCUT2D eigenvalue weighted by Gasteiger charge is 2.14. The first-order valence-corrected chi connectivity index (χ1v) is 6.37. The fraction of sp³-hybridized carbons (Fsp3) is 0.231. The monoisotopic (exact) mass is 307 g/mol. The Bertz CT molecular complexity index is 604. The van der Waals surface area contributed by atoms with Crippen molar-refractivity contribution in [1.29, 1.82) is 0 Å². The molecule has 2 rings (SSSR count). The zero-order chi connectivity index (χ0) is 13.3. The minimum absolute atomic E-state index is 0.196. The Labute approximate surface area is 114 Å². The number of nitrogens with one attached hydrogen (secondary N) is 2. The molecule has 4 nitrogen and oxygen atoms in total. The van der Waals surface area contributed by atoms with Gasteiger partial charge in [0.05, 0.1) is 0 Å². The Morgan fingerprint density at radius 3 is 2.61 bits per heavy atom. The van der Waals surface area contributed by atoms with Crippen LogP contribution in [0.3, 0.4) is 0 Å². The van der Waals surface area contributed by atoms with Crippen molar-refractivity contribution in [2.24, 2.45) is 0 Å². The van der Waals surface area contributed by atoms with Crippen LogP contribution in [0.2, 0.25) is 0 Å². The number of benzene rings is 1. The fourth-order valence-electron chi connectivity index (χ4n) is 1.62. The molecule has 0 fully saturated rings. The molecule has 1 aromatic heterocycles. The van der Waals surface area contributed by atoms with Crippen LogP contribution in [0.25, 0.3) is 0 Å². The maximum Gasteiger partial charge on any atom is 0.276 e. The summed E-state index contributed by atoms with van der Waals surface area (Å²) < 4.78 is 1.02. The number of carbonyl (C=O) groups excluding carboxylic acids is 1. The summed E-state index contributed by atoms with van der Waals surface area (Å²) in [5.74, 6) is -0.196. The molecule has 5 heteroatoms. The summed E-state index contributed by atoms with van der Waals surface area (Å²) in [5.41, 5.74) is 4.06. The van der Waals surface area contributed by atoms with Crippen LogP contribution in [0.4, 0.5) is 5.69 Å². The Morgan fingerprint density at radius 2 is 2.06 bits per heavy atom. The standard InChI is InChI=1S/C13H14BrN3O/c1-7-6-10(4-5-11(7)14)15-13(18)12-8(2)9(3)16-17-12/h4-6H,1-3H3,(H,15,18)(H,16,17). The molecule has 0 unspecified atom stereocenters. The van der Waals surface area contributed by atoms with E-state index in [9.17, 15) is 4.79 Å². The van der Waals surface area contributed by atoms with Gasteiger partial charge >= 0.3 is 0 Å². The van der Waals surface area contributed by atoms with E-state index >= 15 is 0 Å². The summed E-state index contributed by atoms with van der Waals surface area (Å²) in [5, 5.41) is 9.65. The number of aryl methyl sites for hydroxylation is 2. The van der Waals surface area contributed by atoms with Crippen LogP contribution in [-0.2, 0) is 0 Å². The van der Waals surface area contributed by atoms with E-state index in [0.29, 0.717) is 5.69 Å². The molecule has 0 radical (unpaired) electrons. The van der Waals surface area contributed by atoms with Gasteiger partial charge in [0.15, 0.2) is 5.69 Å². The second kappa shape index (κ2) is 4.94. The van der Waals surface area contributed by atoms with E-state index in [0.717, 1.165) is 27.0 Å². The van der Waals surface area contributed by atoms with Crippen LogP contribution in [-0.4, -0.2) is 16.1 Å². The maximum atomic E-state index is 12.0. The molecular formula is C13H14BrN3O. The molecule has 0 saturated heterocycles. The van der Waals surface area contributed by atoms with Crippen LogP contribution in [0.1, 0.15) is 27.3 Å². The summed E-state index contributed by atoms with van der Waals surface area (Å²) in [6, 6.07) is 5.67. The van der Waals surface area contributed by atoms with Gasteiger partial charge in [0.2, 0.25) is 0 Å². The van der Waals surface area contributed by atoms with Crippen molar-refractivity contribution in [3.05, 3.63) is 45.2 Å². The second-order valence-electron chi connectivity index (χ2n) is 4.24. The predicted octanol–water partition coefficient (Wildman–Crippen LogP) is 3.35. The van der Waals surface area contributed by atoms with Crippen molar-refractivity contribution in [3.63, 3.8) is 0 Å². The lowest BCUT2D eigenvalue weighted by atomic mass is 10.2. The number of halogens is 1. The van der Waals surface area contributed by atoms with Crippen molar-refractivity contribution < 1.29 is 4.79 Å². The quantitative estimate of drug-likeness (QED) is 0.894. The number of hydrogen-bond donors (Lipinski definition) is 2. The topological polar surface area (TPSA) is 57.8 Å². The molecular weight excluding hydrogens is 294 g/mol. The molecule has 0 saturated carbocycles. The zero-order valence-corrected chi connectivity index (χ0v) is 12.1. The van der Waals surface area contributed by atoms with Gasteiger partial charge in [-0.15, -0.1) is 0 Å². The fourth-order valence-corrected chi connectivity index (χ4v) is 1.87. The molecule has 2 N–H and O–H groups in total. The third kappa shape index (κ3) is 2.46. The first-order valence-electron chi connectivity index (χ1n) is 5.58. The Kier molecular flexibility index (Phi) is 3.52. The van der Waals surface area contributed by atoms with Gasteiger partial charge in [0.25, 0.3) is 5.91 Å². The molecule has 94 valence electrons. The van der Waals surface area contributed by atoms with E-state index in [1.165, 1.54) is 0 Å². The molecule has 1 amide bonds. The van der Waals surface area contributed by atoms with Crippen molar-refractivity contribution in [3.8, 4) is 0 Å². The predicted molar refractivity (Wildman–Crippen MR) is 74.9 cm³/mol. The minimum atomic E-state index is -0.196. The summed E-state index contributed by atoms with van der Waals surface area (Å²) in [7, 11) is 0. The second-order valence-corrected chi connectivity index (χ2v) is 5.09. The molecule has 0 atom stereocenters. The lowest BCUT2D eigenvalue weighted by Gasteiger charge is -2.06. The van der Waals surface area contributed by atoms with Gasteiger partial charge < -0.3 is 5.32 Å². The molecule has 0 bridgehead atoms. The third-order valence-corrected chi connectivity index (χ3v) is 3.77. The summed E-state index contributed by atoms with van der Waals surface area (Å²) >= 11 is 3.43. The Hall–Kier alpha value is -1.62. The number of carbonyl (C=O) groups is 1. The van der Waals surface area contributed by atoms with Crippen molar-refractivity contribution in [2.45, 2.75) is 20.8 Å². The number of rotatable bonds is 2. The van der Waals surface area contributed by atoms with Crippen molar-refractivity contribution >= 4 is 27.5 Å². The third-order valence-electron chi connectivity index (χ3n) is 2.88. The number of aromatic nitrogens is 2. The SMILES string of the molecule is Cc1cc(NC(=O)c2n[nH]c(C)c2C)ccc1Br. The zero-order valence-electron chi connectivity index (χ0n) is 10.5. The highest BCUT2D eigenvalue weighted by Crippen LogP contribution is 2.20. The van der Waals surface area contributed by atoms with Gasteiger partial charge in [0.1, 0.15) is 0 Å². The van der Waals surface area contributed by atoms with Crippen LogP contribution < -0.4 is 5.32 Å². The van der Waals surface area contributed by atoms with E-state index in [1.54, 1.807) is 0 Å². The molecule has 2 aromatic rings. The largest absolute Gasteiger partial charge is 0.321 e. The van der Waals surface area contributed by atoms with Gasteiger partial charge in [-0.1, -0.05) is 15.9 Å². The summed E-state index contributed by atoms with van der Waals surface area (Å²) in [4.78, 5) is 12.0. The van der Waals surface area contributed by atoms with Gasteiger partial charge in [-0.05, 0) is 44.5 Å². The average molecular weight is 308 g/mol. The number of nitrogens with zero attached hydrogens (tertiary/aromatic N) is 1. The lowest BCUT2D eigenvalue weighted by Crippen LogP contribution is -2.13. The minimum Gasteiger partial charge on any atom is -0.321 e. The van der Waals surface area contributed by atoms with Crippen LogP contribution in [0, 0.1) is 20.8 Å². The van der Waals surface area contributed by atoms with Crippen LogP contribution in [0.15, 0.2) is 22.7 Å². The number of hydrogen-bond acceptors (Lipinski definition) is 2. The first-order chi connectivity index (χ1) is 8.49. The highest BCUT2D eigenvalue weighted by atomic mass is 79.9. The molecule has 0 aliphatic rings. The molecule has 0 aliphatic carbocycles. The van der Waals surface area contributed by atoms with Gasteiger partial charge in [-0.25, -0.2) is 0 Å². The molecule has 1 aromatic carbocycles. The van der Waals surface area contributed by atoms with E-state index in [1.807, 2.05) is 39.0 Å². The Balaban J connectivity index is 2.21. The number of amides is 1. The van der Waals surface area contributed by atoms with Crippen molar-refractivity contribution in [1.82, 2.24) is 10.2 Å². The van der Waals surface area contributed by atoms with Gasteiger partial charge in [0, 0.05) is 21.4 Å². The molecule has 0 spiro atoms. The first kappa shape index (κ1) is 12.8. The average Bonchev–Trinajstić information content (AvgIpc) is 2.65. The molecule has 18 heavy (non-hydrogen) atoms. The molecule has 0 aliphatic heterocycles. The Morgan fingerprint density at radius 1 is 1.33 bits per heavy atom. The van der Waals surface area contributed by atoms with Gasteiger partial charge in [-0.2, -0.15) is 5.10 Å². The maximum absolute atomic E-state index is 12.0. The lowest BCUT2D eigenvalue weighted by molar-refractivity contribution is 0.102. The number of anilines is 1. The summed E-state index contributed by atoms with van der Waals surface area (Å²) in [6.45, 7) is 5.74. The van der Waals surface area contributed by atoms with E-state index in [2.05, 4.69) is 31.4 Å². The highest BCUT2D eigenvalue weighted by molar-refractivity contribution is 9.10. The summed E-state index contributed by atoms with van der Waals surface area (Å²) in [6.07, 6.45) is 0. The van der Waals surface area contributed by atoms with Gasteiger partial charge in [-0.3, -0.25) is 9.89 Å². The smallest absolute Gasteiger partial charge is 0.276 e. The number of H-pyrrole nitrogens is 1. The van der Waals surface area contributed by atoms with E-state index in [-0.39, 0.29) is 5.91 Å². The normalized spacial score (nSPS) is 10.4.